The van der Waals surface area contributed by atoms with Crippen molar-refractivity contribution in [3.63, 3.8) is 0 Å². The maximum atomic E-state index is 12.6. The molecule has 0 spiro atoms. The lowest BCUT2D eigenvalue weighted by Crippen LogP contribution is -2.29. The number of carbonyl (C=O) groups excluding carboxylic acids is 2. The van der Waals surface area contributed by atoms with E-state index in [0.717, 1.165) is 31.6 Å². The van der Waals surface area contributed by atoms with Crippen molar-refractivity contribution in [1.29, 1.82) is 0 Å². The zero-order valence-electron chi connectivity index (χ0n) is 33.0. The first-order valence-corrected chi connectivity index (χ1v) is 21.6. The molecule has 0 rings (SSSR count). The van der Waals surface area contributed by atoms with Gasteiger partial charge < -0.3 is 29.7 Å². The molecule has 0 amide bonds. The summed E-state index contributed by atoms with van der Waals surface area (Å²) in [6.45, 7) is 4.46. The zero-order valence-corrected chi connectivity index (χ0v) is 33.9. The molecule has 0 bridgehead atoms. The zero-order chi connectivity index (χ0) is 39.4. The molecule has 0 aliphatic carbocycles. The van der Waals surface area contributed by atoms with Crippen LogP contribution in [0.2, 0.25) is 0 Å². The van der Waals surface area contributed by atoms with Crippen molar-refractivity contribution in [2.24, 2.45) is 5.92 Å². The second-order valence-corrected chi connectivity index (χ2v) is 15.4. The van der Waals surface area contributed by atoms with E-state index in [9.17, 15) is 29.3 Å². The van der Waals surface area contributed by atoms with Gasteiger partial charge in [-0.2, -0.15) is 0 Å². The molecule has 4 atom stereocenters. The van der Waals surface area contributed by atoms with E-state index in [2.05, 4.69) is 31.4 Å². The Morgan fingerprint density at radius 1 is 0.698 bits per heavy atom. The summed E-state index contributed by atoms with van der Waals surface area (Å²) in [4.78, 5) is 34.8. The summed E-state index contributed by atoms with van der Waals surface area (Å²) in [5.74, 6) is -0.268. The molecule has 0 aromatic heterocycles. The minimum Gasteiger partial charge on any atom is -0.462 e. The fourth-order valence-corrected chi connectivity index (χ4v) is 5.86. The number of unbranched alkanes of at least 4 members (excludes halogenated alkanes) is 12. The third kappa shape index (κ3) is 36.6. The number of phosphoric acid groups is 1. The molecule has 0 radical (unpaired) electrons. The number of esters is 2. The van der Waals surface area contributed by atoms with E-state index in [1.54, 1.807) is 6.08 Å². The number of carbonyl (C=O) groups is 2. The second-order valence-electron chi connectivity index (χ2n) is 14.0. The van der Waals surface area contributed by atoms with Gasteiger partial charge in [0.15, 0.2) is 6.10 Å². The monoisotopic (exact) mass is 772 g/mol. The molecule has 0 saturated carbocycles. The van der Waals surface area contributed by atoms with Crippen LogP contribution in [0.1, 0.15) is 149 Å². The van der Waals surface area contributed by atoms with Crippen molar-refractivity contribution in [3.8, 4) is 0 Å². The van der Waals surface area contributed by atoms with Crippen LogP contribution in [0.5, 0.6) is 0 Å². The van der Waals surface area contributed by atoms with Gasteiger partial charge in [-0.1, -0.05) is 140 Å². The molecule has 0 aliphatic heterocycles. The van der Waals surface area contributed by atoms with Gasteiger partial charge in [0.1, 0.15) is 12.7 Å². The van der Waals surface area contributed by atoms with E-state index in [-0.39, 0.29) is 19.4 Å². The summed E-state index contributed by atoms with van der Waals surface area (Å²) in [6, 6.07) is 0. The lowest BCUT2D eigenvalue weighted by Gasteiger charge is -2.20. The number of phosphoric ester groups is 1. The first-order valence-electron chi connectivity index (χ1n) is 20.1. The van der Waals surface area contributed by atoms with Crippen LogP contribution in [0.25, 0.3) is 0 Å². The fraction of sp³-hybridized carbons (Fsp3) is 0.756. The molecule has 1 unspecified atom stereocenters. The summed E-state index contributed by atoms with van der Waals surface area (Å²) >= 11 is 0. The normalized spacial score (nSPS) is 15.2. The maximum absolute atomic E-state index is 12.6. The second kappa shape index (κ2) is 35.6. The highest BCUT2D eigenvalue weighted by Gasteiger charge is 2.27. The average Bonchev–Trinajstić information content (AvgIpc) is 3.12. The number of aliphatic hydroxyl groups excluding tert-OH is 3. The molecule has 0 fully saturated rings. The Hall–Kier alpha value is -2.11. The van der Waals surface area contributed by atoms with Crippen molar-refractivity contribution in [3.05, 3.63) is 48.6 Å². The molecule has 0 saturated heterocycles. The lowest BCUT2D eigenvalue weighted by atomic mass is 10.0. The minimum atomic E-state index is -4.64. The van der Waals surface area contributed by atoms with Gasteiger partial charge in [-0.3, -0.25) is 18.6 Å². The van der Waals surface area contributed by atoms with Crippen molar-refractivity contribution in [1.82, 2.24) is 0 Å². The molecule has 11 nitrogen and oxygen atoms in total. The summed E-state index contributed by atoms with van der Waals surface area (Å²) < 4.78 is 32.5. The number of aliphatic hydroxyl groups is 3. The molecule has 0 aromatic rings. The van der Waals surface area contributed by atoms with Crippen LogP contribution < -0.4 is 0 Å². The lowest BCUT2D eigenvalue weighted by molar-refractivity contribution is -0.161. The van der Waals surface area contributed by atoms with Gasteiger partial charge in [0.25, 0.3) is 0 Å². The van der Waals surface area contributed by atoms with Crippen molar-refractivity contribution in [2.75, 3.05) is 26.4 Å². The van der Waals surface area contributed by atoms with Crippen LogP contribution in [-0.2, 0) is 32.7 Å². The molecule has 0 aromatic carbocycles. The summed E-state index contributed by atoms with van der Waals surface area (Å²) in [5, 5.41) is 28.3. The number of ether oxygens (including phenoxy) is 2. The molecular formula is C41H73O11P. The van der Waals surface area contributed by atoms with E-state index in [4.69, 9.17) is 19.1 Å². The summed E-state index contributed by atoms with van der Waals surface area (Å²) in [5.41, 5.74) is 0. The van der Waals surface area contributed by atoms with Gasteiger partial charge in [0.2, 0.25) is 0 Å². The smallest absolute Gasteiger partial charge is 0.462 e. The van der Waals surface area contributed by atoms with Crippen LogP contribution >= 0.6 is 7.82 Å². The van der Waals surface area contributed by atoms with Gasteiger partial charge in [0, 0.05) is 12.8 Å². The molecule has 4 N–H and O–H groups in total. The quantitative estimate of drug-likeness (QED) is 0.0158. The van der Waals surface area contributed by atoms with Crippen LogP contribution in [0, 0.1) is 5.92 Å². The Morgan fingerprint density at radius 2 is 1.32 bits per heavy atom. The molecule has 0 aliphatic rings. The number of rotatable bonds is 36. The maximum Gasteiger partial charge on any atom is 0.472 e. The largest absolute Gasteiger partial charge is 0.472 e. The first-order chi connectivity index (χ1) is 25.5. The molecule has 53 heavy (non-hydrogen) atoms. The van der Waals surface area contributed by atoms with Crippen molar-refractivity contribution in [2.45, 2.75) is 167 Å². The van der Waals surface area contributed by atoms with Crippen molar-refractivity contribution < 1.29 is 52.9 Å². The van der Waals surface area contributed by atoms with E-state index in [1.807, 2.05) is 36.5 Å². The number of hydrogen-bond acceptors (Lipinski definition) is 10. The van der Waals surface area contributed by atoms with Gasteiger partial charge in [-0.05, 0) is 50.9 Å². The Balaban J connectivity index is 4.52. The standard InChI is InChI=1S/C41H73O11P/c1-4-5-6-7-12-18-23-28-37(43)29-24-19-14-11-16-21-26-31-41(46)52-39(35-51-53(47,48)50-33-38(44)32-42)34-49-40(45)30-25-20-15-10-8-9-13-17-22-27-36(2)3/h11-12,16,18-19,23-24,28,36-39,42-44H,4-10,13-15,17,20-22,25-27,29-35H2,1-3H3,(H,47,48)/b16-11+,18-12-,24-19-,28-23-/t37-,38-,39+/m0/s1. The average molecular weight is 773 g/mol. The van der Waals surface area contributed by atoms with Crippen LogP contribution in [0.4, 0.5) is 0 Å². The number of hydrogen-bond donors (Lipinski definition) is 4. The Bertz CT molecular complexity index is 1060. The van der Waals surface area contributed by atoms with Gasteiger partial charge >= 0.3 is 19.8 Å². The third-order valence-corrected chi connectivity index (χ3v) is 9.20. The highest BCUT2D eigenvalue weighted by molar-refractivity contribution is 7.47. The summed E-state index contributed by atoms with van der Waals surface area (Å²) in [7, 11) is -4.64. The fourth-order valence-electron chi connectivity index (χ4n) is 5.07. The Kier molecular flexibility index (Phi) is 34.2. The van der Waals surface area contributed by atoms with E-state index in [0.29, 0.717) is 32.1 Å². The molecule has 12 heteroatoms. The van der Waals surface area contributed by atoms with Crippen LogP contribution in [-0.4, -0.2) is 76.9 Å². The third-order valence-electron chi connectivity index (χ3n) is 8.24. The van der Waals surface area contributed by atoms with Crippen LogP contribution in [0.15, 0.2) is 48.6 Å². The summed E-state index contributed by atoms with van der Waals surface area (Å²) in [6.07, 6.45) is 31.2. The topological polar surface area (TPSA) is 169 Å². The van der Waals surface area contributed by atoms with E-state index < -0.39 is 57.9 Å². The highest BCUT2D eigenvalue weighted by atomic mass is 31.2. The van der Waals surface area contributed by atoms with Gasteiger partial charge in [-0.25, -0.2) is 4.57 Å². The first kappa shape index (κ1) is 50.9. The minimum absolute atomic E-state index is 0.0735. The van der Waals surface area contributed by atoms with Crippen molar-refractivity contribution >= 4 is 19.8 Å². The van der Waals surface area contributed by atoms with Gasteiger partial charge in [0.05, 0.1) is 25.9 Å². The predicted octanol–water partition coefficient (Wildman–Crippen LogP) is 8.99. The predicted molar refractivity (Wildman–Crippen MR) is 211 cm³/mol. The molecule has 0 heterocycles. The number of allylic oxidation sites excluding steroid dienone is 6. The Morgan fingerprint density at radius 3 is 2.00 bits per heavy atom. The van der Waals surface area contributed by atoms with E-state index in [1.165, 1.54) is 57.8 Å². The highest BCUT2D eigenvalue weighted by Crippen LogP contribution is 2.43. The molecular weight excluding hydrogens is 699 g/mol. The van der Waals surface area contributed by atoms with Gasteiger partial charge in [-0.15, -0.1) is 0 Å². The van der Waals surface area contributed by atoms with E-state index >= 15 is 0 Å². The van der Waals surface area contributed by atoms with Crippen LogP contribution in [0.3, 0.4) is 0 Å². The Labute approximate surface area is 320 Å². The molecule has 308 valence electrons. The SMILES string of the molecule is CCCCC/C=C\C=C/[C@H](O)C/C=C\C/C=C/CCCC(=O)O[C@H](COC(=O)CCCCCCCCCCCC(C)C)COP(=O)(O)OC[C@@H](O)CO.